The van der Waals surface area contributed by atoms with E-state index in [0.717, 1.165) is 38.3 Å². The van der Waals surface area contributed by atoms with Gasteiger partial charge in [0.1, 0.15) is 17.4 Å². The van der Waals surface area contributed by atoms with Crippen molar-refractivity contribution in [2.24, 2.45) is 0 Å². The van der Waals surface area contributed by atoms with Crippen molar-refractivity contribution in [1.29, 1.82) is 0 Å². The second-order valence-corrected chi connectivity index (χ2v) is 6.34. The van der Waals surface area contributed by atoms with Gasteiger partial charge < -0.3 is 14.8 Å². The van der Waals surface area contributed by atoms with Crippen LogP contribution in [0.25, 0.3) is 0 Å². The normalized spacial score (nSPS) is 15.4. The topological polar surface area (TPSA) is 56.3 Å². The number of aromatic nitrogens is 2. The zero-order valence-electron chi connectivity index (χ0n) is 15.1. The average Bonchev–Trinajstić information content (AvgIpc) is 2.64. The minimum atomic E-state index is -4.58. The Bertz CT molecular complexity index is 762. The summed E-state index contributed by atoms with van der Waals surface area (Å²) in [6.07, 6.45) is 0.375. The maximum Gasteiger partial charge on any atom is 0.423 e. The van der Waals surface area contributed by atoms with Crippen LogP contribution in [0.3, 0.4) is 0 Å². The van der Waals surface area contributed by atoms with Crippen molar-refractivity contribution in [2.45, 2.75) is 51.3 Å². The van der Waals surface area contributed by atoms with Crippen LogP contribution in [0.4, 0.5) is 24.8 Å². The minimum Gasteiger partial charge on any atom is -0.492 e. The Hall–Kier alpha value is -2.51. The number of anilines is 2. The van der Waals surface area contributed by atoms with Crippen molar-refractivity contribution in [3.63, 3.8) is 0 Å². The highest BCUT2D eigenvalue weighted by Gasteiger charge is 2.37. The highest BCUT2D eigenvalue weighted by Crippen LogP contribution is 2.37. The van der Waals surface area contributed by atoms with Crippen LogP contribution < -0.4 is 14.8 Å². The lowest BCUT2D eigenvalue weighted by molar-refractivity contribution is -0.140. The summed E-state index contributed by atoms with van der Waals surface area (Å²) in [6, 6.07) is 7.10. The highest BCUT2D eigenvalue weighted by atomic mass is 19.4. The Balaban J connectivity index is 1.87. The summed E-state index contributed by atoms with van der Waals surface area (Å²) in [6.45, 7) is 2.31. The molecule has 0 saturated heterocycles. The molecule has 1 aliphatic rings. The summed E-state index contributed by atoms with van der Waals surface area (Å²) in [5, 5.41) is 2.92. The first-order chi connectivity index (χ1) is 13.0. The predicted molar refractivity (Wildman–Crippen MR) is 95.4 cm³/mol. The zero-order valence-corrected chi connectivity index (χ0v) is 15.1. The molecule has 3 rings (SSSR count). The first kappa shape index (κ1) is 19.3. The summed E-state index contributed by atoms with van der Waals surface area (Å²) in [4.78, 5) is 7.83. The van der Waals surface area contributed by atoms with Gasteiger partial charge in [0.25, 0.3) is 0 Å². The SMILES string of the molecule is CCOc1ccccc1Nc1ncc(C(F)(F)F)c(OC2CCCCC2)n1. The Morgan fingerprint density at radius 2 is 1.89 bits per heavy atom. The van der Waals surface area contributed by atoms with Crippen molar-refractivity contribution in [3.8, 4) is 11.6 Å². The van der Waals surface area contributed by atoms with E-state index in [2.05, 4.69) is 15.3 Å². The third kappa shape index (κ3) is 5.02. The van der Waals surface area contributed by atoms with E-state index in [0.29, 0.717) is 18.0 Å². The number of nitrogens with one attached hydrogen (secondary N) is 1. The van der Waals surface area contributed by atoms with E-state index in [4.69, 9.17) is 9.47 Å². The molecule has 27 heavy (non-hydrogen) atoms. The molecule has 1 saturated carbocycles. The summed E-state index contributed by atoms with van der Waals surface area (Å²) in [5.74, 6) is 0.167. The number of alkyl halides is 3. The van der Waals surface area contributed by atoms with Gasteiger partial charge in [-0.2, -0.15) is 18.2 Å². The molecule has 1 fully saturated rings. The Kier molecular flexibility index (Phi) is 6.03. The van der Waals surface area contributed by atoms with E-state index < -0.39 is 17.6 Å². The predicted octanol–water partition coefficient (Wildman–Crippen LogP) is 5.35. The molecule has 2 aromatic rings. The number of ether oxygens (including phenoxy) is 2. The van der Waals surface area contributed by atoms with Gasteiger partial charge in [-0.1, -0.05) is 18.6 Å². The molecule has 0 amide bonds. The lowest BCUT2D eigenvalue weighted by Crippen LogP contribution is -2.22. The first-order valence-electron chi connectivity index (χ1n) is 9.07. The van der Waals surface area contributed by atoms with E-state index in [9.17, 15) is 13.2 Å². The monoisotopic (exact) mass is 381 g/mol. The molecule has 1 aromatic carbocycles. The minimum absolute atomic E-state index is 0.0287. The van der Waals surface area contributed by atoms with Gasteiger partial charge in [0, 0.05) is 6.20 Å². The standard InChI is InChI=1S/C19H22F3N3O2/c1-2-26-16-11-7-6-10-15(16)24-18-23-12-14(19(20,21)22)17(25-18)27-13-8-4-3-5-9-13/h6-7,10-13H,2-5,8-9H2,1H3,(H,23,24,25). The molecule has 5 nitrogen and oxygen atoms in total. The van der Waals surface area contributed by atoms with E-state index >= 15 is 0 Å². The summed E-state index contributed by atoms with van der Waals surface area (Å²) in [7, 11) is 0. The smallest absolute Gasteiger partial charge is 0.423 e. The highest BCUT2D eigenvalue weighted by molar-refractivity contribution is 5.62. The van der Waals surface area contributed by atoms with Crippen LogP contribution >= 0.6 is 0 Å². The van der Waals surface area contributed by atoms with Crippen LogP contribution in [0.2, 0.25) is 0 Å². The van der Waals surface area contributed by atoms with Gasteiger partial charge in [-0.15, -0.1) is 0 Å². The van der Waals surface area contributed by atoms with Crippen molar-refractivity contribution in [1.82, 2.24) is 9.97 Å². The fourth-order valence-corrected chi connectivity index (χ4v) is 3.02. The van der Waals surface area contributed by atoms with Crippen LogP contribution in [0.15, 0.2) is 30.5 Å². The quantitative estimate of drug-likeness (QED) is 0.731. The molecule has 0 aliphatic heterocycles. The van der Waals surface area contributed by atoms with Crippen LogP contribution in [0, 0.1) is 0 Å². The Labute approximate surface area is 155 Å². The second-order valence-electron chi connectivity index (χ2n) is 6.34. The van der Waals surface area contributed by atoms with Crippen LogP contribution in [-0.2, 0) is 6.18 Å². The van der Waals surface area contributed by atoms with Gasteiger partial charge >= 0.3 is 6.18 Å². The Morgan fingerprint density at radius 1 is 1.15 bits per heavy atom. The van der Waals surface area contributed by atoms with Gasteiger partial charge in [-0.25, -0.2) is 4.98 Å². The fourth-order valence-electron chi connectivity index (χ4n) is 3.02. The molecular weight excluding hydrogens is 359 g/mol. The van der Waals surface area contributed by atoms with Gasteiger partial charge in [-0.05, 0) is 44.7 Å². The van der Waals surface area contributed by atoms with Crippen molar-refractivity contribution in [3.05, 3.63) is 36.0 Å². The molecule has 8 heteroatoms. The number of para-hydroxylation sites is 2. The molecule has 0 atom stereocenters. The van der Waals surface area contributed by atoms with Gasteiger partial charge in [0.05, 0.1) is 12.3 Å². The van der Waals surface area contributed by atoms with Crippen LogP contribution in [-0.4, -0.2) is 22.7 Å². The number of benzene rings is 1. The second kappa shape index (κ2) is 8.45. The van der Waals surface area contributed by atoms with Crippen LogP contribution in [0.5, 0.6) is 11.6 Å². The van der Waals surface area contributed by atoms with Crippen molar-refractivity contribution < 1.29 is 22.6 Å². The summed E-state index contributed by atoms with van der Waals surface area (Å²) in [5.41, 5.74) is -0.389. The van der Waals surface area contributed by atoms with Crippen molar-refractivity contribution >= 4 is 11.6 Å². The summed E-state index contributed by atoms with van der Waals surface area (Å²) >= 11 is 0. The molecule has 0 unspecified atom stereocenters. The van der Waals surface area contributed by atoms with E-state index in [1.165, 1.54) is 0 Å². The number of hydrogen-bond donors (Lipinski definition) is 1. The molecule has 1 N–H and O–H groups in total. The fraction of sp³-hybridized carbons (Fsp3) is 0.474. The average molecular weight is 381 g/mol. The van der Waals surface area contributed by atoms with Crippen molar-refractivity contribution in [2.75, 3.05) is 11.9 Å². The number of nitrogens with zero attached hydrogens (tertiary/aromatic N) is 2. The molecule has 1 aliphatic carbocycles. The molecule has 1 aromatic heterocycles. The van der Waals surface area contributed by atoms with Gasteiger partial charge in [-0.3, -0.25) is 0 Å². The van der Waals surface area contributed by atoms with E-state index in [1.54, 1.807) is 24.3 Å². The molecule has 0 bridgehead atoms. The Morgan fingerprint density at radius 3 is 2.59 bits per heavy atom. The van der Waals surface area contributed by atoms with Crippen LogP contribution in [0.1, 0.15) is 44.6 Å². The number of halogens is 3. The van der Waals surface area contributed by atoms with E-state index in [-0.39, 0.29) is 12.1 Å². The molecule has 146 valence electrons. The third-order valence-electron chi connectivity index (χ3n) is 4.32. The molecule has 1 heterocycles. The molecule has 0 spiro atoms. The third-order valence-corrected chi connectivity index (χ3v) is 4.32. The largest absolute Gasteiger partial charge is 0.492 e. The lowest BCUT2D eigenvalue weighted by atomic mass is 9.98. The van der Waals surface area contributed by atoms with Gasteiger partial charge in [0.2, 0.25) is 11.8 Å². The molecule has 0 radical (unpaired) electrons. The number of rotatable bonds is 6. The maximum atomic E-state index is 13.3. The molecular formula is C19H22F3N3O2. The maximum absolute atomic E-state index is 13.3. The number of hydrogen-bond acceptors (Lipinski definition) is 5. The summed E-state index contributed by atoms with van der Waals surface area (Å²) < 4.78 is 51.1. The first-order valence-corrected chi connectivity index (χ1v) is 9.07. The van der Waals surface area contributed by atoms with Gasteiger partial charge in [0.15, 0.2) is 0 Å². The zero-order chi connectivity index (χ0) is 19.3. The van der Waals surface area contributed by atoms with E-state index in [1.807, 2.05) is 6.92 Å². The lowest BCUT2D eigenvalue weighted by Gasteiger charge is -2.24.